The minimum Gasteiger partial charge on any atom is -0.329 e. The number of nitrogens with zero attached hydrogens (tertiary/aromatic N) is 2. The molecule has 6 heteroatoms. The van der Waals surface area contributed by atoms with Crippen LogP contribution in [0.15, 0.2) is 34.3 Å². The normalized spacial score (nSPS) is 11.7. The van der Waals surface area contributed by atoms with Crippen LogP contribution in [0.5, 0.6) is 0 Å². The van der Waals surface area contributed by atoms with E-state index in [1.807, 2.05) is 36.7 Å². The Hall–Kier alpha value is -1.60. The van der Waals surface area contributed by atoms with Crippen LogP contribution < -0.4 is 22.1 Å². The minimum atomic E-state index is 0.663. The molecule has 0 aliphatic rings. The van der Waals surface area contributed by atoms with Crippen molar-refractivity contribution in [3.8, 4) is 0 Å². The summed E-state index contributed by atoms with van der Waals surface area (Å²) in [4.78, 5) is 8.73. The summed E-state index contributed by atoms with van der Waals surface area (Å²) < 4.78 is 0. The van der Waals surface area contributed by atoms with Gasteiger partial charge in [-0.05, 0) is 11.1 Å². The van der Waals surface area contributed by atoms with Crippen LogP contribution in [-0.4, -0.2) is 64.8 Å². The number of benzene rings is 1. The third-order valence-electron chi connectivity index (χ3n) is 2.89. The molecule has 0 aliphatic heterocycles. The molecule has 122 valence electrons. The third kappa shape index (κ3) is 9.36. The van der Waals surface area contributed by atoms with Crippen molar-refractivity contribution in [3.05, 3.63) is 35.4 Å². The standard InChI is InChI=1S/C16H28N6/c17-5-7-19-9-11-21-13-15-1-2-16(4-3-15)14-22-12-10-20-8-6-18/h1-4,13-14,19-20H,5-12,17-18H2. The van der Waals surface area contributed by atoms with E-state index in [-0.39, 0.29) is 0 Å². The van der Waals surface area contributed by atoms with Gasteiger partial charge in [-0.1, -0.05) is 24.3 Å². The van der Waals surface area contributed by atoms with Crippen molar-refractivity contribution in [2.24, 2.45) is 21.5 Å². The average Bonchev–Trinajstić information content (AvgIpc) is 2.55. The molecular weight excluding hydrogens is 276 g/mol. The molecule has 1 aromatic rings. The van der Waals surface area contributed by atoms with Gasteiger partial charge in [-0.3, -0.25) is 9.98 Å². The van der Waals surface area contributed by atoms with E-state index in [9.17, 15) is 0 Å². The highest BCUT2D eigenvalue weighted by Gasteiger charge is 1.90. The summed E-state index contributed by atoms with van der Waals surface area (Å²) >= 11 is 0. The van der Waals surface area contributed by atoms with Gasteiger partial charge in [0.2, 0.25) is 0 Å². The van der Waals surface area contributed by atoms with Crippen molar-refractivity contribution in [1.82, 2.24) is 10.6 Å². The predicted molar refractivity (Wildman–Crippen MR) is 95.2 cm³/mol. The minimum absolute atomic E-state index is 0.663. The van der Waals surface area contributed by atoms with Crippen LogP contribution in [0.3, 0.4) is 0 Å². The molecule has 0 unspecified atom stereocenters. The molecule has 0 fully saturated rings. The van der Waals surface area contributed by atoms with E-state index in [0.717, 1.165) is 50.4 Å². The number of rotatable bonds is 12. The van der Waals surface area contributed by atoms with Crippen molar-refractivity contribution < 1.29 is 0 Å². The number of hydrogen-bond acceptors (Lipinski definition) is 6. The van der Waals surface area contributed by atoms with Crippen LogP contribution in [0.2, 0.25) is 0 Å². The van der Waals surface area contributed by atoms with E-state index in [2.05, 4.69) is 20.6 Å². The van der Waals surface area contributed by atoms with Crippen LogP contribution >= 0.6 is 0 Å². The zero-order valence-electron chi connectivity index (χ0n) is 13.2. The van der Waals surface area contributed by atoms with E-state index >= 15 is 0 Å². The number of aliphatic imine (C=N–C) groups is 2. The largest absolute Gasteiger partial charge is 0.329 e. The Labute approximate surface area is 133 Å². The molecule has 6 nitrogen and oxygen atoms in total. The van der Waals surface area contributed by atoms with Gasteiger partial charge in [0.05, 0.1) is 13.1 Å². The Morgan fingerprint density at radius 1 is 0.727 bits per heavy atom. The van der Waals surface area contributed by atoms with E-state index in [4.69, 9.17) is 11.5 Å². The van der Waals surface area contributed by atoms with E-state index in [1.165, 1.54) is 0 Å². The molecule has 0 spiro atoms. The molecule has 22 heavy (non-hydrogen) atoms. The maximum absolute atomic E-state index is 5.39. The quantitative estimate of drug-likeness (QED) is 0.312. The summed E-state index contributed by atoms with van der Waals surface area (Å²) in [5.41, 5.74) is 13.0. The van der Waals surface area contributed by atoms with Crippen LogP contribution in [0, 0.1) is 0 Å². The fraction of sp³-hybridized carbons (Fsp3) is 0.500. The first-order valence-electron chi connectivity index (χ1n) is 7.78. The van der Waals surface area contributed by atoms with E-state index in [0.29, 0.717) is 13.1 Å². The maximum atomic E-state index is 5.39. The fourth-order valence-electron chi connectivity index (χ4n) is 1.75. The molecule has 0 heterocycles. The summed E-state index contributed by atoms with van der Waals surface area (Å²) in [7, 11) is 0. The maximum Gasteiger partial charge on any atom is 0.0514 e. The van der Waals surface area contributed by atoms with Gasteiger partial charge in [0.1, 0.15) is 0 Å². The Kier molecular flexibility index (Phi) is 11.0. The van der Waals surface area contributed by atoms with E-state index in [1.54, 1.807) is 0 Å². The lowest BCUT2D eigenvalue weighted by Gasteiger charge is -1.99. The number of nitrogens with one attached hydrogen (secondary N) is 2. The molecule has 0 aliphatic carbocycles. The lowest BCUT2D eigenvalue weighted by molar-refractivity contribution is 0.697. The smallest absolute Gasteiger partial charge is 0.0514 e. The first-order chi connectivity index (χ1) is 10.9. The van der Waals surface area contributed by atoms with Gasteiger partial charge < -0.3 is 22.1 Å². The first kappa shape index (κ1) is 18.4. The second-order valence-corrected chi connectivity index (χ2v) is 4.81. The van der Waals surface area contributed by atoms with Crippen molar-refractivity contribution >= 4 is 12.4 Å². The highest BCUT2D eigenvalue weighted by Crippen LogP contribution is 2.00. The Bertz CT molecular complexity index is 386. The molecule has 0 saturated heterocycles. The second-order valence-electron chi connectivity index (χ2n) is 4.81. The lowest BCUT2D eigenvalue weighted by Crippen LogP contribution is -2.24. The SMILES string of the molecule is NCCNCCN=Cc1ccc(C=NCCNCCN)cc1. The predicted octanol–water partition coefficient (Wildman–Crippen LogP) is -0.379. The summed E-state index contributed by atoms with van der Waals surface area (Å²) in [5, 5.41) is 6.41. The molecule has 1 rings (SSSR count). The fourth-order valence-corrected chi connectivity index (χ4v) is 1.75. The zero-order chi connectivity index (χ0) is 15.9. The Morgan fingerprint density at radius 3 is 1.50 bits per heavy atom. The molecular formula is C16H28N6. The summed E-state index contributed by atoms with van der Waals surface area (Å²) in [6.45, 7) is 6.24. The van der Waals surface area contributed by atoms with Crippen molar-refractivity contribution in [2.75, 3.05) is 52.4 Å². The van der Waals surface area contributed by atoms with Crippen LogP contribution in [0.4, 0.5) is 0 Å². The van der Waals surface area contributed by atoms with Gasteiger partial charge in [-0.15, -0.1) is 0 Å². The first-order valence-corrected chi connectivity index (χ1v) is 7.78. The summed E-state index contributed by atoms with van der Waals surface area (Å²) in [6, 6.07) is 8.19. The molecule has 0 amide bonds. The van der Waals surface area contributed by atoms with Crippen LogP contribution in [0.25, 0.3) is 0 Å². The summed E-state index contributed by atoms with van der Waals surface area (Å²) in [5.74, 6) is 0. The number of nitrogens with two attached hydrogens (primary N) is 2. The van der Waals surface area contributed by atoms with Gasteiger partial charge in [-0.2, -0.15) is 0 Å². The molecule has 0 bridgehead atoms. The molecule has 0 radical (unpaired) electrons. The molecule has 6 N–H and O–H groups in total. The third-order valence-corrected chi connectivity index (χ3v) is 2.89. The molecule has 0 saturated carbocycles. The summed E-state index contributed by atoms with van der Waals surface area (Å²) in [6.07, 6.45) is 3.78. The lowest BCUT2D eigenvalue weighted by atomic mass is 10.1. The van der Waals surface area contributed by atoms with Gasteiger partial charge >= 0.3 is 0 Å². The van der Waals surface area contributed by atoms with E-state index < -0.39 is 0 Å². The van der Waals surface area contributed by atoms with Gasteiger partial charge in [0.15, 0.2) is 0 Å². The molecule has 1 aromatic carbocycles. The number of hydrogen-bond donors (Lipinski definition) is 4. The van der Waals surface area contributed by atoms with Crippen LogP contribution in [0.1, 0.15) is 11.1 Å². The van der Waals surface area contributed by atoms with Crippen molar-refractivity contribution in [3.63, 3.8) is 0 Å². The highest BCUT2D eigenvalue weighted by molar-refractivity contribution is 5.84. The van der Waals surface area contributed by atoms with Gasteiger partial charge in [0.25, 0.3) is 0 Å². The monoisotopic (exact) mass is 304 g/mol. The molecule has 0 atom stereocenters. The Balaban J connectivity index is 2.24. The molecule has 0 aromatic heterocycles. The average molecular weight is 304 g/mol. The van der Waals surface area contributed by atoms with Crippen LogP contribution in [-0.2, 0) is 0 Å². The van der Waals surface area contributed by atoms with Gasteiger partial charge in [0, 0.05) is 51.7 Å². The topological polar surface area (TPSA) is 101 Å². The highest BCUT2D eigenvalue weighted by atomic mass is 14.9. The Morgan fingerprint density at radius 2 is 1.14 bits per heavy atom. The van der Waals surface area contributed by atoms with Gasteiger partial charge in [-0.25, -0.2) is 0 Å². The van der Waals surface area contributed by atoms with Crippen molar-refractivity contribution in [2.45, 2.75) is 0 Å². The second kappa shape index (κ2) is 13.1. The van der Waals surface area contributed by atoms with Crippen molar-refractivity contribution in [1.29, 1.82) is 0 Å². The zero-order valence-corrected chi connectivity index (χ0v) is 13.2.